The van der Waals surface area contributed by atoms with E-state index in [0.717, 1.165) is 31.2 Å². The molecule has 1 saturated carbocycles. The van der Waals surface area contributed by atoms with Gasteiger partial charge in [0.2, 0.25) is 11.8 Å². The van der Waals surface area contributed by atoms with Crippen LogP contribution in [0.15, 0.2) is 18.2 Å². The molecule has 2 amide bonds. The SMILES string of the molecule is COc1cc(C2(O)CCN(C(=O)C(NC(=O)C3CCCC3)C(C)C)CC2(C)C)ccc1Cl. The maximum atomic E-state index is 13.5. The van der Waals surface area contributed by atoms with E-state index >= 15 is 0 Å². The lowest BCUT2D eigenvalue weighted by atomic mass is 9.66. The highest BCUT2D eigenvalue weighted by Crippen LogP contribution is 2.47. The lowest BCUT2D eigenvalue weighted by Gasteiger charge is -2.51. The van der Waals surface area contributed by atoms with Gasteiger partial charge in [-0.1, -0.05) is 58.2 Å². The van der Waals surface area contributed by atoms with Crippen LogP contribution in [0.5, 0.6) is 5.75 Å². The summed E-state index contributed by atoms with van der Waals surface area (Å²) in [5.41, 5.74) is -1.02. The van der Waals surface area contributed by atoms with E-state index in [0.29, 0.717) is 30.3 Å². The Hall–Kier alpha value is -1.79. The van der Waals surface area contributed by atoms with Crippen molar-refractivity contribution in [3.63, 3.8) is 0 Å². The number of ether oxygens (including phenoxy) is 1. The van der Waals surface area contributed by atoms with E-state index in [1.165, 1.54) is 0 Å². The van der Waals surface area contributed by atoms with Crippen LogP contribution in [-0.4, -0.2) is 48.1 Å². The molecule has 2 unspecified atom stereocenters. The van der Waals surface area contributed by atoms with Gasteiger partial charge in [0.1, 0.15) is 11.8 Å². The molecule has 1 aromatic rings. The molecule has 7 heteroatoms. The highest BCUT2D eigenvalue weighted by molar-refractivity contribution is 6.32. The zero-order valence-electron chi connectivity index (χ0n) is 19.9. The molecule has 178 valence electrons. The Kier molecular flexibility index (Phi) is 7.45. The molecule has 1 aliphatic heterocycles. The molecule has 3 rings (SSSR count). The Morgan fingerprint density at radius 3 is 2.47 bits per heavy atom. The van der Waals surface area contributed by atoms with Crippen molar-refractivity contribution in [1.82, 2.24) is 10.2 Å². The first-order valence-corrected chi connectivity index (χ1v) is 12.0. The molecule has 2 N–H and O–H groups in total. The average molecular weight is 465 g/mol. The molecule has 2 atom stereocenters. The maximum absolute atomic E-state index is 13.5. The first kappa shape index (κ1) is 24.8. The van der Waals surface area contributed by atoms with Crippen LogP contribution in [-0.2, 0) is 15.2 Å². The van der Waals surface area contributed by atoms with E-state index in [1.807, 2.05) is 33.8 Å². The van der Waals surface area contributed by atoms with Gasteiger partial charge in [0.05, 0.1) is 17.7 Å². The number of piperidine rings is 1. The van der Waals surface area contributed by atoms with E-state index < -0.39 is 17.1 Å². The minimum Gasteiger partial charge on any atom is -0.495 e. The molecule has 1 aromatic carbocycles. The van der Waals surface area contributed by atoms with Crippen molar-refractivity contribution in [3.8, 4) is 5.75 Å². The molecule has 32 heavy (non-hydrogen) atoms. The Balaban J connectivity index is 1.77. The van der Waals surface area contributed by atoms with E-state index in [9.17, 15) is 14.7 Å². The number of nitrogens with one attached hydrogen (secondary N) is 1. The maximum Gasteiger partial charge on any atom is 0.245 e. The summed E-state index contributed by atoms with van der Waals surface area (Å²) in [6.45, 7) is 8.65. The fourth-order valence-electron chi connectivity index (χ4n) is 5.13. The number of halogens is 1. The number of hydrogen-bond donors (Lipinski definition) is 2. The van der Waals surface area contributed by atoms with Crippen LogP contribution in [0.25, 0.3) is 0 Å². The summed E-state index contributed by atoms with van der Waals surface area (Å²) in [6, 6.07) is 4.78. The van der Waals surface area contributed by atoms with E-state index in [4.69, 9.17) is 16.3 Å². The summed E-state index contributed by atoms with van der Waals surface area (Å²) in [7, 11) is 1.55. The topological polar surface area (TPSA) is 78.9 Å². The van der Waals surface area contributed by atoms with Crippen LogP contribution >= 0.6 is 11.6 Å². The largest absolute Gasteiger partial charge is 0.495 e. The molecule has 0 aromatic heterocycles. The number of nitrogens with zero attached hydrogens (tertiary/aromatic N) is 1. The van der Waals surface area contributed by atoms with Gasteiger partial charge in [-0.05, 0) is 42.9 Å². The van der Waals surface area contributed by atoms with Crippen molar-refractivity contribution in [2.75, 3.05) is 20.2 Å². The van der Waals surface area contributed by atoms with Gasteiger partial charge in [0.25, 0.3) is 0 Å². The minimum absolute atomic E-state index is 0.00409. The minimum atomic E-state index is -1.14. The summed E-state index contributed by atoms with van der Waals surface area (Å²) in [4.78, 5) is 28.0. The van der Waals surface area contributed by atoms with Crippen LogP contribution in [0.3, 0.4) is 0 Å². The second-order valence-corrected chi connectivity index (χ2v) is 10.7. The third-order valence-corrected chi connectivity index (χ3v) is 7.66. The number of benzene rings is 1. The van der Waals surface area contributed by atoms with Crippen LogP contribution < -0.4 is 10.1 Å². The summed E-state index contributed by atoms with van der Waals surface area (Å²) >= 11 is 6.18. The highest BCUT2D eigenvalue weighted by atomic mass is 35.5. The van der Waals surface area contributed by atoms with Crippen molar-refractivity contribution in [1.29, 1.82) is 0 Å². The Morgan fingerprint density at radius 1 is 1.25 bits per heavy atom. The van der Waals surface area contributed by atoms with Gasteiger partial charge >= 0.3 is 0 Å². The van der Waals surface area contributed by atoms with Crippen molar-refractivity contribution < 1.29 is 19.4 Å². The number of likely N-dealkylation sites (tertiary alicyclic amines) is 1. The molecule has 0 bridgehead atoms. The smallest absolute Gasteiger partial charge is 0.245 e. The number of aliphatic hydroxyl groups is 1. The lowest BCUT2D eigenvalue weighted by Crippen LogP contribution is -2.60. The van der Waals surface area contributed by atoms with Gasteiger partial charge < -0.3 is 20.1 Å². The molecule has 1 saturated heterocycles. The Bertz CT molecular complexity index is 850. The number of rotatable bonds is 6. The van der Waals surface area contributed by atoms with Crippen molar-refractivity contribution in [2.45, 2.75) is 71.4 Å². The first-order chi connectivity index (χ1) is 15.0. The van der Waals surface area contributed by atoms with Crippen molar-refractivity contribution >= 4 is 23.4 Å². The van der Waals surface area contributed by atoms with Crippen LogP contribution in [0.1, 0.15) is 65.4 Å². The lowest BCUT2D eigenvalue weighted by molar-refractivity contribution is -0.157. The Morgan fingerprint density at radius 2 is 1.91 bits per heavy atom. The molecule has 2 aliphatic rings. The van der Waals surface area contributed by atoms with Gasteiger partial charge in [-0.2, -0.15) is 0 Å². The van der Waals surface area contributed by atoms with Crippen molar-refractivity contribution in [3.05, 3.63) is 28.8 Å². The van der Waals surface area contributed by atoms with Gasteiger partial charge in [0.15, 0.2) is 0 Å². The predicted octanol–water partition coefficient (Wildman–Crippen LogP) is 4.13. The molecule has 0 spiro atoms. The van der Waals surface area contributed by atoms with Crippen LogP contribution in [0.4, 0.5) is 0 Å². The standard InChI is InChI=1S/C25H37ClN2O4/c1-16(2)21(27-22(29)17-8-6-7-9-17)23(30)28-13-12-25(31,24(3,4)15-28)18-10-11-19(26)20(14-18)32-5/h10-11,14,16-17,21,31H,6-9,12-13,15H2,1-5H3,(H,27,29). The number of amides is 2. The van der Waals surface area contributed by atoms with Gasteiger partial charge in [-0.25, -0.2) is 0 Å². The molecule has 1 heterocycles. The molecule has 1 aliphatic carbocycles. The molecule has 0 radical (unpaired) electrons. The quantitative estimate of drug-likeness (QED) is 0.663. The second kappa shape index (κ2) is 9.60. The van der Waals surface area contributed by atoms with Gasteiger partial charge in [-0.3, -0.25) is 9.59 Å². The first-order valence-electron chi connectivity index (χ1n) is 11.7. The summed E-state index contributed by atoms with van der Waals surface area (Å²) in [5, 5.41) is 15.2. The summed E-state index contributed by atoms with van der Waals surface area (Å²) in [6.07, 6.45) is 4.34. The molecule has 2 fully saturated rings. The zero-order valence-corrected chi connectivity index (χ0v) is 20.7. The van der Waals surface area contributed by atoms with Crippen LogP contribution in [0, 0.1) is 17.3 Å². The van der Waals surface area contributed by atoms with Crippen LogP contribution in [0.2, 0.25) is 5.02 Å². The zero-order chi connectivity index (χ0) is 23.7. The summed E-state index contributed by atoms with van der Waals surface area (Å²) in [5.74, 6) is 0.441. The normalized spacial score (nSPS) is 24.4. The van der Waals surface area contributed by atoms with E-state index in [-0.39, 0.29) is 23.7 Å². The fraction of sp³-hybridized carbons (Fsp3) is 0.680. The second-order valence-electron chi connectivity index (χ2n) is 10.3. The monoisotopic (exact) mass is 464 g/mol. The summed E-state index contributed by atoms with van der Waals surface area (Å²) < 4.78 is 5.34. The number of carbonyl (C=O) groups excluding carboxylic acids is 2. The molecule has 6 nitrogen and oxygen atoms in total. The number of hydrogen-bond acceptors (Lipinski definition) is 4. The number of carbonyl (C=O) groups is 2. The molecular weight excluding hydrogens is 428 g/mol. The third kappa shape index (κ3) is 4.76. The number of methoxy groups -OCH3 is 1. The van der Waals surface area contributed by atoms with Crippen molar-refractivity contribution in [2.24, 2.45) is 17.3 Å². The van der Waals surface area contributed by atoms with Gasteiger partial charge in [0, 0.05) is 24.4 Å². The highest BCUT2D eigenvalue weighted by Gasteiger charge is 2.50. The fourth-order valence-corrected chi connectivity index (χ4v) is 5.33. The average Bonchev–Trinajstić information content (AvgIpc) is 3.28. The molecular formula is C25H37ClN2O4. The van der Waals surface area contributed by atoms with E-state index in [2.05, 4.69) is 5.32 Å². The van der Waals surface area contributed by atoms with E-state index in [1.54, 1.807) is 24.1 Å². The third-order valence-electron chi connectivity index (χ3n) is 7.35. The van der Waals surface area contributed by atoms with Gasteiger partial charge in [-0.15, -0.1) is 0 Å². The predicted molar refractivity (Wildman–Crippen MR) is 126 cm³/mol. The Labute approximate surface area is 196 Å².